The van der Waals surface area contributed by atoms with Crippen LogP contribution in [0.3, 0.4) is 0 Å². The van der Waals surface area contributed by atoms with E-state index in [1.807, 2.05) is 0 Å². The number of alkyl halides is 4. The summed E-state index contributed by atoms with van der Waals surface area (Å²) in [6, 6.07) is 0. The van der Waals surface area contributed by atoms with Crippen molar-refractivity contribution in [1.82, 2.24) is 0 Å². The molecule has 3 aliphatic rings. The fourth-order valence-electron chi connectivity index (χ4n) is 5.29. The molecule has 2 heteroatoms. The van der Waals surface area contributed by atoms with Crippen molar-refractivity contribution >= 4 is 0 Å². The van der Waals surface area contributed by atoms with Gasteiger partial charge in [0, 0.05) is 0 Å². The molecule has 0 aromatic heterocycles. The van der Waals surface area contributed by atoms with E-state index in [1.54, 1.807) is 77.0 Å². The first-order chi connectivity index (χ1) is 11.2. The Morgan fingerprint density at radius 2 is 1.52 bits per heavy atom. The van der Waals surface area contributed by atoms with E-state index in [-0.39, 0.29) is 0 Å². The Bertz CT molecular complexity index is 335. The average molecular weight is 544 g/mol. The molecule has 3 fully saturated rings. The molecule has 4 atom stereocenters. The summed E-state index contributed by atoms with van der Waals surface area (Å²) in [5, 5.41) is 0. The van der Waals surface area contributed by atoms with Gasteiger partial charge in [-0.25, -0.2) is 0 Å². The maximum absolute atomic E-state index is 2.57. The molecule has 0 amide bonds. The van der Waals surface area contributed by atoms with Gasteiger partial charge in [-0.2, -0.15) is 0 Å². The zero-order valence-electron chi connectivity index (χ0n) is 15.4. The number of halogens is 2. The van der Waals surface area contributed by atoms with Crippen LogP contribution in [0.25, 0.3) is 0 Å². The van der Waals surface area contributed by atoms with Crippen LogP contribution in [-0.2, 0) is 0 Å². The third kappa shape index (κ3) is 5.99. The van der Waals surface area contributed by atoms with Gasteiger partial charge >= 0.3 is 167 Å². The summed E-state index contributed by atoms with van der Waals surface area (Å²) in [5.41, 5.74) is 0. The fraction of sp³-hybridized carbons (Fsp3) is 1.00. The van der Waals surface area contributed by atoms with Crippen molar-refractivity contribution in [2.24, 2.45) is 17.8 Å². The van der Waals surface area contributed by atoms with Gasteiger partial charge in [0.1, 0.15) is 0 Å². The SMILES string of the molecule is C[I-]C1CCC(CC2CCCC([I-]C3CCCCC3C)C2)CC1. The van der Waals surface area contributed by atoms with Gasteiger partial charge in [-0.15, -0.1) is 0 Å². The third-order valence-electron chi connectivity index (χ3n) is 6.82. The van der Waals surface area contributed by atoms with E-state index in [1.165, 1.54) is 18.2 Å². The normalized spacial score (nSPS) is 42.9. The second-order valence-corrected chi connectivity index (χ2v) is 15.7. The number of hydrogen-bond donors (Lipinski definition) is 0. The van der Waals surface area contributed by atoms with Crippen LogP contribution in [0.1, 0.15) is 90.4 Å². The van der Waals surface area contributed by atoms with Crippen molar-refractivity contribution in [1.29, 1.82) is 0 Å². The van der Waals surface area contributed by atoms with E-state index in [9.17, 15) is 0 Å². The molecule has 0 aromatic carbocycles. The molecule has 4 unspecified atom stereocenters. The fourth-order valence-corrected chi connectivity index (χ4v) is 12.2. The van der Waals surface area contributed by atoms with Gasteiger partial charge < -0.3 is 0 Å². The van der Waals surface area contributed by atoms with Gasteiger partial charge in [-0.3, -0.25) is 0 Å². The van der Waals surface area contributed by atoms with Gasteiger partial charge in [-0.05, 0) is 0 Å². The molecular weight excluding hydrogens is 506 g/mol. The molecule has 3 saturated carbocycles. The molecule has 0 bridgehead atoms. The summed E-state index contributed by atoms with van der Waals surface area (Å²) < 4.78 is 3.58. The molecule has 0 radical (unpaired) electrons. The van der Waals surface area contributed by atoms with Gasteiger partial charge in [0.15, 0.2) is 0 Å². The van der Waals surface area contributed by atoms with E-state index in [4.69, 9.17) is 0 Å². The summed E-state index contributed by atoms with van der Waals surface area (Å²) in [6.07, 6.45) is 20.6. The predicted octanol–water partition coefficient (Wildman–Crippen LogP) is -0.119. The van der Waals surface area contributed by atoms with Crippen LogP contribution in [0.15, 0.2) is 0 Å². The Morgan fingerprint density at radius 3 is 2.26 bits per heavy atom. The predicted molar refractivity (Wildman–Crippen MR) is 93.5 cm³/mol. The van der Waals surface area contributed by atoms with Crippen LogP contribution in [0.4, 0.5) is 0 Å². The maximum atomic E-state index is 2.57. The van der Waals surface area contributed by atoms with E-state index < -0.39 is 0 Å². The van der Waals surface area contributed by atoms with E-state index in [2.05, 4.69) is 11.9 Å². The molecule has 0 aliphatic heterocycles. The Hall–Kier alpha value is 1.46. The molecule has 0 heterocycles. The molecule has 3 rings (SSSR count). The molecule has 0 saturated heterocycles. The first-order valence-corrected chi connectivity index (χ1v) is 16.2. The number of rotatable bonds is 5. The molecule has 0 spiro atoms. The molecule has 3 aliphatic carbocycles. The molecule has 0 aromatic rings. The van der Waals surface area contributed by atoms with Crippen molar-refractivity contribution in [3.05, 3.63) is 0 Å². The second kappa shape index (κ2) is 9.97. The van der Waals surface area contributed by atoms with Crippen LogP contribution >= 0.6 is 0 Å². The van der Waals surface area contributed by atoms with Crippen LogP contribution in [0.5, 0.6) is 0 Å². The summed E-state index contributed by atoms with van der Waals surface area (Å²) in [7, 11) is 0. The van der Waals surface area contributed by atoms with Crippen LogP contribution in [0, 0.1) is 17.8 Å². The standard InChI is InChI=1S/C21H38I2/c1-16-6-3-4-9-21(16)23-20-8-5-7-18(15-20)14-17-10-12-19(22-2)13-11-17/h16-21H,3-15H2,1-2H3/q-2. The Labute approximate surface area is 166 Å². The molecule has 138 valence electrons. The Balaban J connectivity index is 1.41. The van der Waals surface area contributed by atoms with E-state index >= 15 is 0 Å². The summed E-state index contributed by atoms with van der Waals surface area (Å²) in [5.74, 6) is 3.33. The Kier molecular flexibility index (Phi) is 8.33. The van der Waals surface area contributed by atoms with Crippen LogP contribution < -0.4 is 42.4 Å². The minimum absolute atomic E-state index is 0.485. The van der Waals surface area contributed by atoms with Gasteiger partial charge in [0.2, 0.25) is 0 Å². The van der Waals surface area contributed by atoms with Crippen molar-refractivity contribution in [3.8, 4) is 0 Å². The van der Waals surface area contributed by atoms with Crippen molar-refractivity contribution < 1.29 is 42.4 Å². The summed E-state index contributed by atoms with van der Waals surface area (Å²) >= 11 is 1.01. The topological polar surface area (TPSA) is 0 Å². The van der Waals surface area contributed by atoms with Crippen molar-refractivity contribution in [2.45, 2.75) is 102 Å². The quantitative estimate of drug-likeness (QED) is 0.335. The minimum atomic E-state index is 0.485. The zero-order valence-corrected chi connectivity index (χ0v) is 19.7. The Morgan fingerprint density at radius 1 is 0.739 bits per heavy atom. The average Bonchev–Trinajstić information content (AvgIpc) is 2.58. The van der Waals surface area contributed by atoms with Crippen LogP contribution in [0.2, 0.25) is 0 Å². The number of hydrogen-bond acceptors (Lipinski definition) is 0. The molecular formula is C21H38I2-2. The second-order valence-electron chi connectivity index (χ2n) is 8.61. The van der Waals surface area contributed by atoms with Gasteiger partial charge in [0.05, 0.1) is 0 Å². The summed E-state index contributed by atoms with van der Waals surface area (Å²) in [6.45, 7) is 2.57. The first-order valence-electron chi connectivity index (χ1n) is 10.3. The molecule has 0 nitrogen and oxygen atoms in total. The zero-order chi connectivity index (χ0) is 16.1. The van der Waals surface area contributed by atoms with Gasteiger partial charge in [0.25, 0.3) is 0 Å². The first kappa shape index (κ1) is 19.2. The van der Waals surface area contributed by atoms with Gasteiger partial charge in [-0.1, -0.05) is 0 Å². The summed E-state index contributed by atoms with van der Waals surface area (Å²) in [4.78, 5) is 2.51. The van der Waals surface area contributed by atoms with Crippen molar-refractivity contribution in [3.63, 3.8) is 0 Å². The molecule has 23 heavy (non-hydrogen) atoms. The molecule has 0 N–H and O–H groups in total. The monoisotopic (exact) mass is 544 g/mol. The van der Waals surface area contributed by atoms with Crippen molar-refractivity contribution in [2.75, 3.05) is 4.93 Å². The third-order valence-corrected chi connectivity index (χ3v) is 14.7. The van der Waals surface area contributed by atoms with Crippen LogP contribution in [-0.4, -0.2) is 16.7 Å². The van der Waals surface area contributed by atoms with E-state index in [0.717, 1.165) is 17.8 Å². The van der Waals surface area contributed by atoms with E-state index in [0.29, 0.717) is 42.4 Å².